The van der Waals surface area contributed by atoms with E-state index in [1.165, 1.54) is 12.8 Å². The van der Waals surface area contributed by atoms with Crippen molar-refractivity contribution in [3.8, 4) is 0 Å². The Balaban J connectivity index is 3.64. The first kappa shape index (κ1) is 13.7. The molecule has 0 aliphatic carbocycles. The number of hydrogen-bond donors (Lipinski definition) is 1. The first-order chi connectivity index (χ1) is 6.35. The van der Waals surface area contributed by atoms with Crippen LogP contribution in [0.3, 0.4) is 0 Å². The van der Waals surface area contributed by atoms with Gasteiger partial charge in [0.05, 0.1) is 0 Å². The summed E-state index contributed by atoms with van der Waals surface area (Å²) in [5.41, 5.74) is 0.456. The van der Waals surface area contributed by atoms with Crippen LogP contribution in [0.4, 0.5) is 0 Å². The van der Waals surface area contributed by atoms with Crippen LogP contribution >= 0.6 is 0 Å². The molecule has 2 unspecified atom stereocenters. The van der Waals surface area contributed by atoms with Crippen molar-refractivity contribution in [1.29, 1.82) is 0 Å². The Bertz CT molecular complexity index is 155. The summed E-state index contributed by atoms with van der Waals surface area (Å²) >= 11 is 0. The van der Waals surface area contributed by atoms with Gasteiger partial charge >= 0.3 is 0 Å². The van der Waals surface area contributed by atoms with Crippen LogP contribution in [0.15, 0.2) is 12.7 Å². The molecule has 0 radical (unpaired) electrons. The van der Waals surface area contributed by atoms with Crippen molar-refractivity contribution in [2.75, 3.05) is 0 Å². The van der Waals surface area contributed by atoms with Gasteiger partial charge in [-0.3, -0.25) is 0 Å². The lowest BCUT2D eigenvalue weighted by Gasteiger charge is -2.23. The van der Waals surface area contributed by atoms with E-state index in [-0.39, 0.29) is 0 Å². The molecule has 1 heteroatoms. The van der Waals surface area contributed by atoms with Gasteiger partial charge in [0, 0.05) is 12.1 Å². The van der Waals surface area contributed by atoms with Crippen molar-refractivity contribution < 1.29 is 0 Å². The van der Waals surface area contributed by atoms with Gasteiger partial charge in [-0.05, 0) is 38.5 Å². The summed E-state index contributed by atoms with van der Waals surface area (Å²) in [6, 6.07) is 1.17. The Morgan fingerprint density at radius 1 is 1.21 bits per heavy atom. The molecule has 0 aliphatic rings. The van der Waals surface area contributed by atoms with Crippen LogP contribution in [0, 0.1) is 5.41 Å². The minimum atomic E-state index is 0.456. The zero-order chi connectivity index (χ0) is 11.2. The Morgan fingerprint density at radius 3 is 2.21 bits per heavy atom. The van der Waals surface area contributed by atoms with Crippen LogP contribution in [-0.2, 0) is 0 Å². The molecule has 1 nitrogen and oxygen atoms in total. The Kier molecular flexibility index (Phi) is 6.10. The smallest absolute Gasteiger partial charge is 0.00756 e. The second-order valence-electron chi connectivity index (χ2n) is 5.59. The third kappa shape index (κ3) is 8.31. The molecular formula is C13H27N. The molecule has 0 aromatic rings. The largest absolute Gasteiger partial charge is 0.311 e. The monoisotopic (exact) mass is 197 g/mol. The highest BCUT2D eigenvalue weighted by molar-refractivity contribution is 4.77. The summed E-state index contributed by atoms with van der Waals surface area (Å²) in [4.78, 5) is 0. The number of hydrogen-bond acceptors (Lipinski definition) is 1. The lowest BCUT2D eigenvalue weighted by Crippen LogP contribution is -2.34. The van der Waals surface area contributed by atoms with E-state index in [0.29, 0.717) is 17.5 Å². The van der Waals surface area contributed by atoms with Crippen LogP contribution in [-0.4, -0.2) is 12.1 Å². The number of nitrogens with one attached hydrogen (secondary N) is 1. The van der Waals surface area contributed by atoms with Gasteiger partial charge in [-0.15, -0.1) is 6.58 Å². The maximum Gasteiger partial charge on any atom is 0.00756 e. The fourth-order valence-corrected chi connectivity index (χ4v) is 1.54. The van der Waals surface area contributed by atoms with Gasteiger partial charge in [-0.2, -0.15) is 0 Å². The lowest BCUT2D eigenvalue weighted by molar-refractivity contribution is 0.327. The van der Waals surface area contributed by atoms with E-state index in [0.717, 1.165) is 6.42 Å². The summed E-state index contributed by atoms with van der Waals surface area (Å²) in [6.07, 6.45) is 5.57. The van der Waals surface area contributed by atoms with Gasteiger partial charge in [0.1, 0.15) is 0 Å². The lowest BCUT2D eigenvalue weighted by atomic mass is 9.89. The van der Waals surface area contributed by atoms with Crippen LogP contribution in [0.1, 0.15) is 53.9 Å². The third-order valence-electron chi connectivity index (χ3n) is 2.42. The predicted octanol–water partition coefficient (Wildman–Crippen LogP) is 3.76. The van der Waals surface area contributed by atoms with Gasteiger partial charge in [0.15, 0.2) is 0 Å². The summed E-state index contributed by atoms with van der Waals surface area (Å²) < 4.78 is 0. The average Bonchev–Trinajstić information content (AvgIpc) is 2.00. The van der Waals surface area contributed by atoms with Crippen LogP contribution in [0.25, 0.3) is 0 Å². The van der Waals surface area contributed by atoms with Gasteiger partial charge in [-0.1, -0.05) is 26.8 Å². The summed E-state index contributed by atoms with van der Waals surface area (Å²) in [7, 11) is 0. The minimum absolute atomic E-state index is 0.456. The van der Waals surface area contributed by atoms with Crippen LogP contribution < -0.4 is 5.32 Å². The molecule has 1 N–H and O–H groups in total. The predicted molar refractivity (Wildman–Crippen MR) is 65.6 cm³/mol. The molecule has 0 fully saturated rings. The highest BCUT2D eigenvalue weighted by atomic mass is 14.9. The molecule has 2 atom stereocenters. The first-order valence-corrected chi connectivity index (χ1v) is 5.72. The van der Waals surface area contributed by atoms with Gasteiger partial charge < -0.3 is 5.32 Å². The summed E-state index contributed by atoms with van der Waals surface area (Å²) in [6.45, 7) is 15.1. The molecule has 0 aliphatic heterocycles. The van der Waals surface area contributed by atoms with E-state index in [9.17, 15) is 0 Å². The van der Waals surface area contributed by atoms with E-state index in [2.05, 4.69) is 46.5 Å². The number of rotatable bonds is 6. The van der Waals surface area contributed by atoms with Crippen LogP contribution in [0.2, 0.25) is 0 Å². The zero-order valence-electron chi connectivity index (χ0n) is 10.6. The minimum Gasteiger partial charge on any atom is -0.311 e. The second kappa shape index (κ2) is 6.23. The molecular weight excluding hydrogens is 170 g/mol. The normalized spacial score (nSPS) is 16.4. The molecule has 0 bridgehead atoms. The molecule has 0 amide bonds. The Labute approximate surface area is 90.0 Å². The maximum absolute atomic E-state index is 3.75. The molecule has 0 saturated carbocycles. The first-order valence-electron chi connectivity index (χ1n) is 5.72. The van der Waals surface area contributed by atoms with Crippen molar-refractivity contribution in [2.24, 2.45) is 5.41 Å². The highest BCUT2D eigenvalue weighted by Gasteiger charge is 2.13. The Morgan fingerprint density at radius 2 is 1.79 bits per heavy atom. The fraction of sp³-hybridized carbons (Fsp3) is 0.846. The molecule has 0 spiro atoms. The van der Waals surface area contributed by atoms with E-state index in [4.69, 9.17) is 0 Å². The van der Waals surface area contributed by atoms with Gasteiger partial charge in [0.25, 0.3) is 0 Å². The van der Waals surface area contributed by atoms with Crippen molar-refractivity contribution in [2.45, 2.75) is 66.0 Å². The summed E-state index contributed by atoms with van der Waals surface area (Å²) in [5, 5.41) is 3.58. The van der Waals surface area contributed by atoms with Crippen molar-refractivity contribution in [3.63, 3.8) is 0 Å². The van der Waals surface area contributed by atoms with Gasteiger partial charge in [-0.25, -0.2) is 0 Å². The third-order valence-corrected chi connectivity index (χ3v) is 2.42. The molecule has 0 aromatic carbocycles. The molecule has 0 rings (SSSR count). The average molecular weight is 197 g/mol. The molecule has 14 heavy (non-hydrogen) atoms. The SMILES string of the molecule is C=CCC(C)NC(C)CCC(C)(C)C. The zero-order valence-corrected chi connectivity index (χ0v) is 10.6. The molecule has 84 valence electrons. The van der Waals surface area contributed by atoms with Crippen molar-refractivity contribution >= 4 is 0 Å². The van der Waals surface area contributed by atoms with E-state index in [1.54, 1.807) is 0 Å². The van der Waals surface area contributed by atoms with Crippen molar-refractivity contribution in [3.05, 3.63) is 12.7 Å². The molecule has 0 aromatic heterocycles. The quantitative estimate of drug-likeness (QED) is 0.639. The topological polar surface area (TPSA) is 12.0 Å². The van der Waals surface area contributed by atoms with Crippen molar-refractivity contribution in [1.82, 2.24) is 5.32 Å². The van der Waals surface area contributed by atoms with E-state index in [1.807, 2.05) is 6.08 Å². The molecule has 0 saturated heterocycles. The highest BCUT2D eigenvalue weighted by Crippen LogP contribution is 2.21. The van der Waals surface area contributed by atoms with Crippen LogP contribution in [0.5, 0.6) is 0 Å². The molecule has 0 heterocycles. The maximum atomic E-state index is 3.75. The Hall–Kier alpha value is -0.300. The summed E-state index contributed by atoms with van der Waals surface area (Å²) in [5.74, 6) is 0. The van der Waals surface area contributed by atoms with E-state index >= 15 is 0 Å². The standard InChI is InChI=1S/C13H27N/c1-7-8-11(2)14-12(3)9-10-13(4,5)6/h7,11-12,14H,1,8-10H2,2-6H3. The fourth-order valence-electron chi connectivity index (χ4n) is 1.54. The van der Waals surface area contributed by atoms with E-state index < -0.39 is 0 Å². The van der Waals surface area contributed by atoms with Gasteiger partial charge in [0.2, 0.25) is 0 Å². The second-order valence-corrected chi connectivity index (χ2v) is 5.59.